The van der Waals surface area contributed by atoms with Crippen molar-refractivity contribution in [2.24, 2.45) is 0 Å². The van der Waals surface area contributed by atoms with Crippen molar-refractivity contribution < 1.29 is 0 Å². The minimum absolute atomic E-state index is 0.925. The SMILES string of the molecule is CCCNCc1ccc(CN(CCC)CCC)nc1. The number of aromatic nitrogens is 1. The molecular weight excluding hydrogens is 234 g/mol. The first-order valence-electron chi connectivity index (χ1n) is 7.67. The van der Waals surface area contributed by atoms with Crippen molar-refractivity contribution in [3.05, 3.63) is 29.6 Å². The van der Waals surface area contributed by atoms with Gasteiger partial charge < -0.3 is 5.32 Å². The first-order chi connectivity index (χ1) is 9.30. The smallest absolute Gasteiger partial charge is 0.0544 e. The first-order valence-corrected chi connectivity index (χ1v) is 7.67. The summed E-state index contributed by atoms with van der Waals surface area (Å²) in [7, 11) is 0. The van der Waals surface area contributed by atoms with Gasteiger partial charge in [-0.2, -0.15) is 0 Å². The van der Waals surface area contributed by atoms with Crippen molar-refractivity contribution in [3.63, 3.8) is 0 Å². The molecule has 3 heteroatoms. The maximum atomic E-state index is 4.58. The van der Waals surface area contributed by atoms with Gasteiger partial charge in [-0.05, 0) is 50.5 Å². The summed E-state index contributed by atoms with van der Waals surface area (Å²) < 4.78 is 0. The Morgan fingerprint density at radius 3 is 2.32 bits per heavy atom. The minimum Gasteiger partial charge on any atom is -0.313 e. The minimum atomic E-state index is 0.925. The predicted octanol–water partition coefficient (Wildman–Crippen LogP) is 3.20. The molecule has 0 fully saturated rings. The lowest BCUT2D eigenvalue weighted by molar-refractivity contribution is 0.263. The zero-order chi connectivity index (χ0) is 13.9. The molecule has 3 nitrogen and oxygen atoms in total. The maximum Gasteiger partial charge on any atom is 0.0544 e. The Labute approximate surface area is 118 Å². The summed E-state index contributed by atoms with van der Waals surface area (Å²) in [6.07, 6.45) is 5.60. The van der Waals surface area contributed by atoms with Crippen molar-refractivity contribution in [2.75, 3.05) is 19.6 Å². The molecule has 1 aromatic rings. The average Bonchev–Trinajstić information content (AvgIpc) is 2.42. The van der Waals surface area contributed by atoms with E-state index in [-0.39, 0.29) is 0 Å². The maximum absolute atomic E-state index is 4.58. The van der Waals surface area contributed by atoms with E-state index in [9.17, 15) is 0 Å². The zero-order valence-corrected chi connectivity index (χ0v) is 12.8. The molecule has 1 N–H and O–H groups in total. The zero-order valence-electron chi connectivity index (χ0n) is 12.8. The standard InChI is InChI=1S/C16H29N3/c1-4-9-17-12-15-7-8-16(18-13-15)14-19(10-5-2)11-6-3/h7-8,13,17H,4-6,9-12,14H2,1-3H3. The van der Waals surface area contributed by atoms with E-state index < -0.39 is 0 Å². The molecule has 1 rings (SSSR count). The van der Waals surface area contributed by atoms with Crippen LogP contribution >= 0.6 is 0 Å². The topological polar surface area (TPSA) is 28.2 Å². The van der Waals surface area contributed by atoms with Crippen LogP contribution in [0.25, 0.3) is 0 Å². The molecule has 1 aromatic heterocycles. The van der Waals surface area contributed by atoms with Crippen LogP contribution < -0.4 is 5.32 Å². The molecule has 0 amide bonds. The second-order valence-electron chi connectivity index (χ2n) is 5.11. The van der Waals surface area contributed by atoms with Crippen LogP contribution in [0.1, 0.15) is 51.3 Å². The Morgan fingerprint density at radius 1 is 1.05 bits per heavy atom. The van der Waals surface area contributed by atoms with Gasteiger partial charge in [0.2, 0.25) is 0 Å². The largest absolute Gasteiger partial charge is 0.313 e. The van der Waals surface area contributed by atoms with Gasteiger partial charge in [0.05, 0.1) is 5.69 Å². The van der Waals surface area contributed by atoms with E-state index >= 15 is 0 Å². The lowest BCUT2D eigenvalue weighted by Crippen LogP contribution is -2.25. The number of pyridine rings is 1. The molecule has 0 aliphatic carbocycles. The Bertz CT molecular complexity index is 315. The molecule has 0 aliphatic heterocycles. The Morgan fingerprint density at radius 2 is 1.79 bits per heavy atom. The summed E-state index contributed by atoms with van der Waals surface area (Å²) in [6.45, 7) is 12.0. The van der Waals surface area contributed by atoms with Gasteiger partial charge in [0.1, 0.15) is 0 Å². The van der Waals surface area contributed by atoms with Crippen LogP contribution in [0.4, 0.5) is 0 Å². The van der Waals surface area contributed by atoms with Gasteiger partial charge in [-0.25, -0.2) is 0 Å². The summed E-state index contributed by atoms with van der Waals surface area (Å²) in [5.74, 6) is 0. The summed E-state index contributed by atoms with van der Waals surface area (Å²) in [6, 6.07) is 4.36. The molecule has 0 atom stereocenters. The van der Waals surface area contributed by atoms with E-state index in [1.165, 1.54) is 30.5 Å². The Balaban J connectivity index is 2.45. The highest BCUT2D eigenvalue weighted by atomic mass is 15.1. The van der Waals surface area contributed by atoms with Gasteiger partial charge in [-0.3, -0.25) is 9.88 Å². The molecule has 0 aromatic carbocycles. The number of rotatable bonds is 10. The van der Waals surface area contributed by atoms with Gasteiger partial charge in [0.15, 0.2) is 0 Å². The van der Waals surface area contributed by atoms with Crippen molar-refractivity contribution in [3.8, 4) is 0 Å². The van der Waals surface area contributed by atoms with E-state index in [1.54, 1.807) is 0 Å². The number of nitrogens with zero attached hydrogens (tertiary/aromatic N) is 2. The fourth-order valence-electron chi connectivity index (χ4n) is 2.19. The third-order valence-corrected chi connectivity index (χ3v) is 3.11. The second kappa shape index (κ2) is 9.93. The fourth-order valence-corrected chi connectivity index (χ4v) is 2.19. The van der Waals surface area contributed by atoms with E-state index in [2.05, 4.69) is 48.1 Å². The molecule has 0 unspecified atom stereocenters. The summed E-state index contributed by atoms with van der Waals surface area (Å²) in [4.78, 5) is 7.06. The molecule has 0 aliphatic rings. The predicted molar refractivity (Wildman–Crippen MR) is 82.1 cm³/mol. The van der Waals surface area contributed by atoms with Crippen molar-refractivity contribution in [1.82, 2.24) is 15.2 Å². The number of hydrogen-bond donors (Lipinski definition) is 1. The quantitative estimate of drug-likeness (QED) is 0.657. The Kier molecular flexibility index (Phi) is 8.43. The third kappa shape index (κ3) is 6.69. The van der Waals surface area contributed by atoms with Crippen molar-refractivity contribution in [2.45, 2.75) is 53.1 Å². The van der Waals surface area contributed by atoms with Gasteiger partial charge in [0.25, 0.3) is 0 Å². The van der Waals surface area contributed by atoms with E-state index in [1.807, 2.05) is 6.20 Å². The molecule has 108 valence electrons. The fraction of sp³-hybridized carbons (Fsp3) is 0.688. The van der Waals surface area contributed by atoms with Gasteiger partial charge >= 0.3 is 0 Å². The molecule has 0 saturated carbocycles. The molecule has 0 radical (unpaired) electrons. The van der Waals surface area contributed by atoms with Crippen LogP contribution in [0, 0.1) is 0 Å². The van der Waals surface area contributed by atoms with Crippen LogP contribution in [-0.2, 0) is 13.1 Å². The lowest BCUT2D eigenvalue weighted by Gasteiger charge is -2.20. The summed E-state index contributed by atoms with van der Waals surface area (Å²) in [5.41, 5.74) is 2.45. The van der Waals surface area contributed by atoms with Crippen molar-refractivity contribution in [1.29, 1.82) is 0 Å². The summed E-state index contributed by atoms with van der Waals surface area (Å²) in [5, 5.41) is 3.40. The molecule has 0 spiro atoms. The van der Waals surface area contributed by atoms with Gasteiger partial charge in [-0.15, -0.1) is 0 Å². The summed E-state index contributed by atoms with van der Waals surface area (Å²) >= 11 is 0. The van der Waals surface area contributed by atoms with Crippen LogP contribution in [0.2, 0.25) is 0 Å². The third-order valence-electron chi connectivity index (χ3n) is 3.11. The highest BCUT2D eigenvalue weighted by molar-refractivity contribution is 5.13. The van der Waals surface area contributed by atoms with Crippen LogP contribution in [0.3, 0.4) is 0 Å². The molecule has 19 heavy (non-hydrogen) atoms. The number of nitrogens with one attached hydrogen (secondary N) is 1. The van der Waals surface area contributed by atoms with E-state index in [4.69, 9.17) is 0 Å². The highest BCUT2D eigenvalue weighted by Gasteiger charge is 2.04. The lowest BCUT2D eigenvalue weighted by atomic mass is 10.2. The number of hydrogen-bond acceptors (Lipinski definition) is 3. The van der Waals surface area contributed by atoms with Gasteiger partial charge in [0, 0.05) is 19.3 Å². The van der Waals surface area contributed by atoms with Crippen LogP contribution in [0.15, 0.2) is 18.3 Å². The average molecular weight is 263 g/mol. The highest BCUT2D eigenvalue weighted by Crippen LogP contribution is 2.05. The first kappa shape index (κ1) is 16.1. The van der Waals surface area contributed by atoms with Crippen molar-refractivity contribution >= 4 is 0 Å². The monoisotopic (exact) mass is 263 g/mol. The molecular formula is C16H29N3. The van der Waals surface area contributed by atoms with Gasteiger partial charge in [-0.1, -0.05) is 26.8 Å². The second-order valence-corrected chi connectivity index (χ2v) is 5.11. The van der Waals surface area contributed by atoms with E-state index in [0.29, 0.717) is 0 Å². The Hall–Kier alpha value is -0.930. The van der Waals surface area contributed by atoms with Crippen LogP contribution in [-0.4, -0.2) is 29.5 Å². The molecule has 1 heterocycles. The van der Waals surface area contributed by atoms with Crippen LogP contribution in [0.5, 0.6) is 0 Å². The molecule has 0 saturated heterocycles. The van der Waals surface area contributed by atoms with E-state index in [0.717, 1.165) is 32.7 Å². The molecule has 0 bridgehead atoms. The normalized spacial score (nSPS) is 11.2.